The van der Waals surface area contributed by atoms with Crippen LogP contribution in [0.5, 0.6) is 0 Å². The lowest BCUT2D eigenvalue weighted by atomic mass is 9.86. The lowest BCUT2D eigenvalue weighted by Crippen LogP contribution is -2.48. The summed E-state index contributed by atoms with van der Waals surface area (Å²) in [6, 6.07) is 12.4. The summed E-state index contributed by atoms with van der Waals surface area (Å²) in [5.41, 5.74) is 1.49. The maximum absolute atomic E-state index is 3.60. The Morgan fingerprint density at radius 2 is 1.95 bits per heavy atom. The van der Waals surface area contributed by atoms with Crippen molar-refractivity contribution in [1.82, 2.24) is 10.2 Å². The van der Waals surface area contributed by atoms with Gasteiger partial charge >= 0.3 is 0 Å². The summed E-state index contributed by atoms with van der Waals surface area (Å²) in [4.78, 5) is 2.79. The largest absolute Gasteiger partial charge is 0.315 e. The Morgan fingerprint density at radius 1 is 1.16 bits per heavy atom. The SMILES string of the molecule is CC(C)C(c1ccccc1)N1CCCC2CNCC21. The number of benzene rings is 1. The van der Waals surface area contributed by atoms with Crippen LogP contribution in [-0.4, -0.2) is 30.6 Å². The van der Waals surface area contributed by atoms with Crippen LogP contribution in [-0.2, 0) is 0 Å². The average Bonchev–Trinajstić information content (AvgIpc) is 2.89. The lowest BCUT2D eigenvalue weighted by molar-refractivity contribution is 0.0540. The Balaban J connectivity index is 1.87. The molecule has 0 aromatic heterocycles. The van der Waals surface area contributed by atoms with Crippen LogP contribution in [0.15, 0.2) is 30.3 Å². The molecule has 2 heterocycles. The standard InChI is InChI=1S/C17H26N2/c1-13(2)17(14-7-4-3-5-8-14)19-10-6-9-15-11-18-12-16(15)19/h3-5,7-8,13,15-18H,6,9-12H2,1-2H3. The number of nitrogens with one attached hydrogen (secondary N) is 1. The van der Waals surface area contributed by atoms with Crippen LogP contribution in [0.4, 0.5) is 0 Å². The van der Waals surface area contributed by atoms with E-state index in [1.54, 1.807) is 0 Å². The monoisotopic (exact) mass is 258 g/mol. The van der Waals surface area contributed by atoms with Gasteiger partial charge in [-0.25, -0.2) is 0 Å². The van der Waals surface area contributed by atoms with Gasteiger partial charge in [0.25, 0.3) is 0 Å². The van der Waals surface area contributed by atoms with E-state index in [0.29, 0.717) is 12.0 Å². The maximum Gasteiger partial charge on any atom is 0.0374 e. The van der Waals surface area contributed by atoms with Crippen molar-refractivity contribution in [3.8, 4) is 0 Å². The van der Waals surface area contributed by atoms with E-state index in [1.165, 1.54) is 38.0 Å². The Morgan fingerprint density at radius 3 is 2.68 bits per heavy atom. The molecule has 2 saturated heterocycles. The summed E-state index contributed by atoms with van der Waals surface area (Å²) >= 11 is 0. The second-order valence-electron chi connectivity index (χ2n) is 6.47. The van der Waals surface area contributed by atoms with Crippen molar-refractivity contribution in [2.24, 2.45) is 11.8 Å². The van der Waals surface area contributed by atoms with Crippen LogP contribution < -0.4 is 5.32 Å². The first-order valence-electron chi connectivity index (χ1n) is 7.79. The van der Waals surface area contributed by atoms with Gasteiger partial charge in [0, 0.05) is 18.6 Å². The van der Waals surface area contributed by atoms with Crippen molar-refractivity contribution < 1.29 is 0 Å². The zero-order valence-corrected chi connectivity index (χ0v) is 12.2. The van der Waals surface area contributed by atoms with Crippen molar-refractivity contribution >= 4 is 0 Å². The predicted octanol–water partition coefficient (Wildman–Crippen LogP) is 3.07. The van der Waals surface area contributed by atoms with E-state index in [2.05, 4.69) is 54.4 Å². The van der Waals surface area contributed by atoms with E-state index in [9.17, 15) is 0 Å². The molecule has 2 heteroatoms. The lowest BCUT2D eigenvalue weighted by Gasteiger charge is -2.44. The molecule has 104 valence electrons. The molecule has 1 aromatic rings. The molecule has 0 saturated carbocycles. The third-order valence-electron chi connectivity index (χ3n) is 4.85. The topological polar surface area (TPSA) is 15.3 Å². The summed E-state index contributed by atoms with van der Waals surface area (Å²) in [5, 5.41) is 3.60. The molecule has 0 radical (unpaired) electrons. The molecule has 2 fully saturated rings. The second-order valence-corrected chi connectivity index (χ2v) is 6.47. The molecule has 2 aliphatic rings. The number of piperidine rings is 1. The van der Waals surface area contributed by atoms with E-state index in [4.69, 9.17) is 0 Å². The Hall–Kier alpha value is -0.860. The van der Waals surface area contributed by atoms with E-state index in [-0.39, 0.29) is 0 Å². The highest BCUT2D eigenvalue weighted by Crippen LogP contribution is 2.37. The minimum atomic E-state index is 0.578. The van der Waals surface area contributed by atoms with Gasteiger partial charge in [-0.15, -0.1) is 0 Å². The van der Waals surface area contributed by atoms with Gasteiger partial charge in [0.1, 0.15) is 0 Å². The van der Waals surface area contributed by atoms with Gasteiger partial charge < -0.3 is 5.32 Å². The highest BCUT2D eigenvalue weighted by molar-refractivity contribution is 5.20. The van der Waals surface area contributed by atoms with Gasteiger partial charge in [-0.1, -0.05) is 44.2 Å². The maximum atomic E-state index is 3.60. The van der Waals surface area contributed by atoms with Gasteiger partial charge in [0.05, 0.1) is 0 Å². The molecule has 0 amide bonds. The molecule has 1 N–H and O–H groups in total. The van der Waals surface area contributed by atoms with Crippen LogP contribution in [0.3, 0.4) is 0 Å². The Kier molecular flexibility index (Phi) is 3.90. The van der Waals surface area contributed by atoms with Crippen LogP contribution in [0.2, 0.25) is 0 Å². The third-order valence-corrected chi connectivity index (χ3v) is 4.85. The zero-order chi connectivity index (χ0) is 13.2. The summed E-state index contributed by atoms with van der Waals surface area (Å²) in [6.45, 7) is 8.40. The summed E-state index contributed by atoms with van der Waals surface area (Å²) in [7, 11) is 0. The number of hydrogen-bond donors (Lipinski definition) is 1. The molecule has 1 aromatic carbocycles. The van der Waals surface area contributed by atoms with Crippen LogP contribution >= 0.6 is 0 Å². The van der Waals surface area contributed by atoms with Gasteiger partial charge in [-0.3, -0.25) is 4.90 Å². The fraction of sp³-hybridized carbons (Fsp3) is 0.647. The summed E-state index contributed by atoms with van der Waals surface area (Å²) < 4.78 is 0. The molecule has 0 aliphatic carbocycles. The Labute approximate surface area is 117 Å². The zero-order valence-electron chi connectivity index (χ0n) is 12.2. The Bertz CT molecular complexity index is 401. The van der Waals surface area contributed by atoms with E-state index in [0.717, 1.165) is 12.0 Å². The molecule has 3 unspecified atom stereocenters. The molecule has 3 atom stereocenters. The van der Waals surface area contributed by atoms with Crippen molar-refractivity contribution in [2.75, 3.05) is 19.6 Å². The van der Waals surface area contributed by atoms with Gasteiger partial charge in [0.2, 0.25) is 0 Å². The molecule has 0 spiro atoms. The van der Waals surface area contributed by atoms with Gasteiger partial charge in [0.15, 0.2) is 0 Å². The molecular weight excluding hydrogens is 232 g/mol. The van der Waals surface area contributed by atoms with E-state index in [1.807, 2.05) is 0 Å². The van der Waals surface area contributed by atoms with Gasteiger partial charge in [-0.2, -0.15) is 0 Å². The molecule has 3 rings (SSSR count). The number of likely N-dealkylation sites (tertiary alicyclic amines) is 1. The molecule has 19 heavy (non-hydrogen) atoms. The van der Waals surface area contributed by atoms with Crippen molar-refractivity contribution in [3.63, 3.8) is 0 Å². The molecule has 2 aliphatic heterocycles. The second kappa shape index (κ2) is 5.64. The average molecular weight is 258 g/mol. The van der Waals surface area contributed by atoms with Crippen molar-refractivity contribution in [3.05, 3.63) is 35.9 Å². The summed E-state index contributed by atoms with van der Waals surface area (Å²) in [6.07, 6.45) is 2.77. The molecular formula is C17H26N2. The number of nitrogens with zero attached hydrogens (tertiary/aromatic N) is 1. The number of fused-ring (bicyclic) bond motifs is 1. The van der Waals surface area contributed by atoms with Crippen LogP contribution in [0.25, 0.3) is 0 Å². The molecule has 2 nitrogen and oxygen atoms in total. The first-order valence-corrected chi connectivity index (χ1v) is 7.79. The fourth-order valence-corrected chi connectivity index (χ4v) is 4.06. The van der Waals surface area contributed by atoms with E-state index < -0.39 is 0 Å². The highest BCUT2D eigenvalue weighted by atomic mass is 15.2. The van der Waals surface area contributed by atoms with Crippen LogP contribution in [0.1, 0.15) is 38.3 Å². The molecule has 0 bridgehead atoms. The van der Waals surface area contributed by atoms with Crippen molar-refractivity contribution in [1.29, 1.82) is 0 Å². The minimum Gasteiger partial charge on any atom is -0.315 e. The van der Waals surface area contributed by atoms with Crippen molar-refractivity contribution in [2.45, 2.75) is 38.8 Å². The quantitative estimate of drug-likeness (QED) is 0.896. The van der Waals surface area contributed by atoms with Crippen LogP contribution in [0, 0.1) is 11.8 Å². The highest BCUT2D eigenvalue weighted by Gasteiger charge is 2.39. The minimum absolute atomic E-state index is 0.578. The smallest absolute Gasteiger partial charge is 0.0374 e. The fourth-order valence-electron chi connectivity index (χ4n) is 4.06. The van der Waals surface area contributed by atoms with Gasteiger partial charge in [-0.05, 0) is 43.3 Å². The normalized spacial score (nSPS) is 29.4. The first kappa shape index (κ1) is 13.1. The number of hydrogen-bond acceptors (Lipinski definition) is 2. The van der Waals surface area contributed by atoms with E-state index >= 15 is 0 Å². The third kappa shape index (κ3) is 2.56. The predicted molar refractivity (Wildman–Crippen MR) is 80.1 cm³/mol. The number of rotatable bonds is 3. The first-order chi connectivity index (χ1) is 9.27. The summed E-state index contributed by atoms with van der Waals surface area (Å²) in [5.74, 6) is 1.54.